The third-order valence-electron chi connectivity index (χ3n) is 7.49. The van der Waals surface area contributed by atoms with E-state index in [4.69, 9.17) is 23.7 Å². The molecule has 2 aliphatic rings. The zero-order valence-electron chi connectivity index (χ0n) is 23.8. The number of aliphatic hydroxyl groups excluding tert-OH is 1. The molecule has 4 atom stereocenters. The zero-order valence-corrected chi connectivity index (χ0v) is 24.6. The van der Waals surface area contributed by atoms with Crippen molar-refractivity contribution in [2.45, 2.75) is 103 Å². The summed E-state index contributed by atoms with van der Waals surface area (Å²) in [6, 6.07) is 17.4. The topological polar surface area (TPSA) is 66.4 Å². The van der Waals surface area contributed by atoms with Crippen molar-refractivity contribution in [2.24, 2.45) is 0 Å². The Balaban J connectivity index is 1.20. The summed E-state index contributed by atoms with van der Waals surface area (Å²) in [6.45, 7) is 10.7. The van der Waals surface area contributed by atoms with Crippen LogP contribution in [0.4, 0.5) is 0 Å². The lowest BCUT2D eigenvalue weighted by molar-refractivity contribution is -0.157. The summed E-state index contributed by atoms with van der Waals surface area (Å²) in [4.78, 5) is 1.27. The number of fused-ring (bicyclic) bond motifs is 1. The Hall–Kier alpha value is -2.00. The van der Waals surface area contributed by atoms with Gasteiger partial charge in [-0.25, -0.2) is 0 Å². The van der Waals surface area contributed by atoms with E-state index in [1.165, 1.54) is 26.1 Å². The van der Waals surface area contributed by atoms with E-state index < -0.39 is 11.6 Å². The molecule has 4 unspecified atom stereocenters. The Morgan fingerprint density at radius 3 is 2.10 bits per heavy atom. The molecule has 1 aromatic heterocycles. The molecule has 0 aliphatic carbocycles. The number of ether oxygens (including phenoxy) is 5. The lowest BCUT2D eigenvalue weighted by atomic mass is 9.99. The van der Waals surface area contributed by atoms with Crippen molar-refractivity contribution in [3.8, 4) is 16.2 Å². The van der Waals surface area contributed by atoms with Crippen LogP contribution in [-0.2, 0) is 25.4 Å². The van der Waals surface area contributed by atoms with E-state index in [9.17, 15) is 5.11 Å². The standard InChI is InChI=1S/C32H42O6S/c1-6-21-9-11-22(12-10-21)29-18-23-13-14-24(19-30(23)39-29)34-17-15-26-28(38-32(4,5)36-26)20-27-25(8-7-16-33)35-31(2,3)37-27/h9-14,18-19,25-28,33H,6-8,15-17,20H2,1-5H3. The van der Waals surface area contributed by atoms with E-state index >= 15 is 0 Å². The minimum absolute atomic E-state index is 0.0663. The second-order valence-electron chi connectivity index (χ2n) is 11.5. The molecule has 3 heterocycles. The molecule has 0 bridgehead atoms. The van der Waals surface area contributed by atoms with Gasteiger partial charge in [0.05, 0.1) is 31.0 Å². The third-order valence-corrected chi connectivity index (χ3v) is 8.64. The fourth-order valence-electron chi connectivity index (χ4n) is 5.67. The quantitative estimate of drug-likeness (QED) is 0.273. The van der Waals surface area contributed by atoms with Crippen LogP contribution in [0.3, 0.4) is 0 Å². The molecule has 6 nitrogen and oxygen atoms in total. The van der Waals surface area contributed by atoms with Crippen LogP contribution in [0.25, 0.3) is 20.5 Å². The van der Waals surface area contributed by atoms with Gasteiger partial charge >= 0.3 is 0 Å². The van der Waals surface area contributed by atoms with Gasteiger partial charge in [0.1, 0.15) is 5.75 Å². The molecule has 7 heteroatoms. The van der Waals surface area contributed by atoms with Gasteiger partial charge in [0.15, 0.2) is 11.6 Å². The van der Waals surface area contributed by atoms with E-state index in [1.54, 1.807) is 11.3 Å². The summed E-state index contributed by atoms with van der Waals surface area (Å²) < 4.78 is 32.4. The van der Waals surface area contributed by atoms with Crippen molar-refractivity contribution >= 4 is 21.4 Å². The van der Waals surface area contributed by atoms with Crippen molar-refractivity contribution in [3.05, 3.63) is 54.1 Å². The van der Waals surface area contributed by atoms with Crippen LogP contribution in [0.2, 0.25) is 0 Å². The van der Waals surface area contributed by atoms with Gasteiger partial charge in [0, 0.05) is 29.0 Å². The molecule has 0 saturated carbocycles. The van der Waals surface area contributed by atoms with E-state index in [1.807, 2.05) is 33.8 Å². The number of benzene rings is 2. The van der Waals surface area contributed by atoms with Crippen LogP contribution >= 0.6 is 11.3 Å². The van der Waals surface area contributed by atoms with Gasteiger partial charge < -0.3 is 28.8 Å². The lowest BCUT2D eigenvalue weighted by Crippen LogP contribution is -2.33. The number of hydrogen-bond donors (Lipinski definition) is 1. The largest absolute Gasteiger partial charge is 0.493 e. The highest BCUT2D eigenvalue weighted by atomic mass is 32.1. The van der Waals surface area contributed by atoms with Crippen LogP contribution < -0.4 is 4.74 Å². The number of rotatable bonds is 11. The molecule has 212 valence electrons. The maximum absolute atomic E-state index is 9.30. The molecule has 2 aliphatic heterocycles. The fraction of sp³-hybridized carbons (Fsp3) is 0.562. The first-order chi connectivity index (χ1) is 18.6. The molecule has 39 heavy (non-hydrogen) atoms. The second-order valence-corrected chi connectivity index (χ2v) is 12.6. The highest BCUT2D eigenvalue weighted by Gasteiger charge is 2.47. The Kier molecular flexibility index (Phi) is 8.67. The first-order valence-electron chi connectivity index (χ1n) is 14.2. The molecule has 0 amide bonds. The van der Waals surface area contributed by atoms with Crippen LogP contribution in [0, 0.1) is 0 Å². The van der Waals surface area contributed by atoms with Gasteiger partial charge in [-0.3, -0.25) is 0 Å². The Morgan fingerprint density at radius 2 is 1.46 bits per heavy atom. The molecule has 5 rings (SSSR count). The predicted molar refractivity (Wildman–Crippen MR) is 155 cm³/mol. The van der Waals surface area contributed by atoms with Crippen molar-refractivity contribution in [1.29, 1.82) is 0 Å². The van der Waals surface area contributed by atoms with E-state index in [-0.39, 0.29) is 31.0 Å². The van der Waals surface area contributed by atoms with Crippen LogP contribution in [0.5, 0.6) is 5.75 Å². The van der Waals surface area contributed by atoms with Gasteiger partial charge in [-0.15, -0.1) is 11.3 Å². The zero-order chi connectivity index (χ0) is 27.6. The first kappa shape index (κ1) is 28.5. The SMILES string of the molecule is CCc1ccc(-c2cc3ccc(OCCC4OC(C)(C)OC4CC4OC(C)(C)OC4CCCO)cc3s2)cc1. The average Bonchev–Trinajstić information content (AvgIpc) is 3.54. The third kappa shape index (κ3) is 7.02. The van der Waals surface area contributed by atoms with Crippen molar-refractivity contribution in [2.75, 3.05) is 13.2 Å². The van der Waals surface area contributed by atoms with Gasteiger partial charge in [-0.1, -0.05) is 31.2 Å². The highest BCUT2D eigenvalue weighted by molar-refractivity contribution is 7.22. The van der Waals surface area contributed by atoms with E-state index in [0.717, 1.165) is 18.6 Å². The van der Waals surface area contributed by atoms with Crippen molar-refractivity contribution < 1.29 is 28.8 Å². The molecule has 3 aromatic rings. The highest BCUT2D eigenvalue weighted by Crippen LogP contribution is 2.39. The molecule has 0 radical (unpaired) electrons. The summed E-state index contributed by atoms with van der Waals surface area (Å²) in [5.74, 6) is -0.435. The Labute approximate surface area is 236 Å². The fourth-order valence-corrected chi connectivity index (χ4v) is 6.77. The smallest absolute Gasteiger partial charge is 0.163 e. The predicted octanol–water partition coefficient (Wildman–Crippen LogP) is 7.10. The first-order valence-corrected chi connectivity index (χ1v) is 15.0. The normalized spacial score (nSPS) is 25.9. The van der Waals surface area contributed by atoms with Gasteiger partial charge in [-0.05, 0) is 87.7 Å². The van der Waals surface area contributed by atoms with Crippen molar-refractivity contribution in [3.63, 3.8) is 0 Å². The molecule has 0 spiro atoms. The summed E-state index contributed by atoms with van der Waals surface area (Å²) in [5, 5.41) is 10.5. The van der Waals surface area contributed by atoms with Crippen LogP contribution in [0.15, 0.2) is 48.5 Å². The summed E-state index contributed by atoms with van der Waals surface area (Å²) >= 11 is 1.79. The minimum Gasteiger partial charge on any atom is -0.493 e. The van der Waals surface area contributed by atoms with Crippen molar-refractivity contribution in [1.82, 2.24) is 0 Å². The number of thiophene rings is 1. The minimum atomic E-state index is -0.660. The molecular formula is C32H42O6S. The second kappa shape index (κ2) is 11.9. The number of aryl methyl sites for hydroxylation is 1. The molecule has 1 N–H and O–H groups in total. The average molecular weight is 555 g/mol. The van der Waals surface area contributed by atoms with Gasteiger partial charge in [0.25, 0.3) is 0 Å². The maximum atomic E-state index is 9.30. The van der Waals surface area contributed by atoms with Gasteiger partial charge in [-0.2, -0.15) is 0 Å². The number of aliphatic hydroxyl groups is 1. The lowest BCUT2D eigenvalue weighted by Gasteiger charge is -2.23. The molecule has 2 aromatic carbocycles. The Morgan fingerprint density at radius 1 is 0.821 bits per heavy atom. The molecular weight excluding hydrogens is 512 g/mol. The Bertz CT molecular complexity index is 1230. The summed E-state index contributed by atoms with van der Waals surface area (Å²) in [5.41, 5.74) is 2.61. The maximum Gasteiger partial charge on any atom is 0.163 e. The van der Waals surface area contributed by atoms with Crippen LogP contribution in [-0.4, -0.2) is 54.3 Å². The van der Waals surface area contributed by atoms with Gasteiger partial charge in [0.2, 0.25) is 0 Å². The molecule has 2 fully saturated rings. The van der Waals surface area contributed by atoms with E-state index in [2.05, 4.69) is 49.4 Å². The molecule has 2 saturated heterocycles. The monoisotopic (exact) mass is 554 g/mol. The van der Waals surface area contributed by atoms with E-state index in [0.29, 0.717) is 25.9 Å². The number of hydrogen-bond acceptors (Lipinski definition) is 7. The van der Waals surface area contributed by atoms with Crippen LogP contribution in [0.1, 0.15) is 65.9 Å². The summed E-state index contributed by atoms with van der Waals surface area (Å²) in [7, 11) is 0. The summed E-state index contributed by atoms with van der Waals surface area (Å²) in [6.07, 6.45) is 3.49.